The molecule has 1 aromatic heterocycles. The molecule has 0 fully saturated rings. The Morgan fingerprint density at radius 2 is 1.50 bits per heavy atom. The Balaban J connectivity index is 1.94. The second kappa shape index (κ2) is 4.41. The summed E-state index contributed by atoms with van der Waals surface area (Å²) in [6, 6.07) is 18.4. The zero-order valence-electron chi connectivity index (χ0n) is 9.99. The van der Waals surface area contributed by atoms with Crippen LogP contribution in [0, 0.1) is 6.92 Å². The van der Waals surface area contributed by atoms with Crippen molar-refractivity contribution in [2.24, 2.45) is 0 Å². The summed E-state index contributed by atoms with van der Waals surface area (Å²) in [4.78, 5) is 1.53. The SMILES string of the molecule is Cc1nnn(-c2ccc(-c3ccccc3)cc2)n1. The summed E-state index contributed by atoms with van der Waals surface area (Å²) in [6.07, 6.45) is 0. The Morgan fingerprint density at radius 3 is 2.11 bits per heavy atom. The van der Waals surface area contributed by atoms with Crippen LogP contribution in [0.3, 0.4) is 0 Å². The Kier molecular flexibility index (Phi) is 2.61. The molecule has 88 valence electrons. The van der Waals surface area contributed by atoms with Gasteiger partial charge in [0, 0.05) is 0 Å². The van der Waals surface area contributed by atoms with Crippen LogP contribution in [0.15, 0.2) is 54.6 Å². The Morgan fingerprint density at radius 1 is 0.833 bits per heavy atom. The zero-order chi connectivity index (χ0) is 12.4. The number of rotatable bonds is 2. The molecule has 4 nitrogen and oxygen atoms in total. The number of hydrogen-bond donors (Lipinski definition) is 0. The molecule has 0 aliphatic rings. The van der Waals surface area contributed by atoms with Gasteiger partial charge in [-0.05, 0) is 35.4 Å². The molecule has 0 spiro atoms. The van der Waals surface area contributed by atoms with Gasteiger partial charge in [-0.2, -0.15) is 0 Å². The van der Waals surface area contributed by atoms with Gasteiger partial charge in [0.05, 0.1) is 5.69 Å². The van der Waals surface area contributed by atoms with Gasteiger partial charge in [-0.1, -0.05) is 42.5 Å². The molecule has 3 aromatic rings. The van der Waals surface area contributed by atoms with Crippen molar-refractivity contribution >= 4 is 0 Å². The van der Waals surface area contributed by atoms with E-state index in [2.05, 4.69) is 39.7 Å². The van der Waals surface area contributed by atoms with Crippen LogP contribution in [0.5, 0.6) is 0 Å². The van der Waals surface area contributed by atoms with Gasteiger partial charge in [0.25, 0.3) is 0 Å². The quantitative estimate of drug-likeness (QED) is 0.687. The van der Waals surface area contributed by atoms with Crippen LogP contribution in [0.1, 0.15) is 5.82 Å². The zero-order valence-corrected chi connectivity index (χ0v) is 9.99. The lowest BCUT2D eigenvalue weighted by Gasteiger charge is -2.02. The normalized spacial score (nSPS) is 10.5. The largest absolute Gasteiger partial charge is 0.172 e. The van der Waals surface area contributed by atoms with Gasteiger partial charge in [0.2, 0.25) is 0 Å². The van der Waals surface area contributed by atoms with Crippen molar-refractivity contribution in [3.8, 4) is 16.8 Å². The number of benzene rings is 2. The minimum absolute atomic E-state index is 0.669. The van der Waals surface area contributed by atoms with Crippen LogP contribution in [-0.2, 0) is 0 Å². The molecule has 18 heavy (non-hydrogen) atoms. The average Bonchev–Trinajstić information content (AvgIpc) is 2.87. The van der Waals surface area contributed by atoms with Crippen LogP contribution in [0.25, 0.3) is 16.8 Å². The maximum Gasteiger partial charge on any atom is 0.172 e. The van der Waals surface area contributed by atoms with E-state index in [0.29, 0.717) is 5.82 Å². The summed E-state index contributed by atoms with van der Waals surface area (Å²) in [5, 5.41) is 12.0. The molecule has 0 unspecified atom stereocenters. The highest BCUT2D eigenvalue weighted by Gasteiger charge is 2.02. The third-order valence-corrected chi connectivity index (χ3v) is 2.72. The van der Waals surface area contributed by atoms with Gasteiger partial charge in [-0.3, -0.25) is 0 Å². The number of aromatic nitrogens is 4. The van der Waals surface area contributed by atoms with E-state index in [-0.39, 0.29) is 0 Å². The first kappa shape index (κ1) is 10.7. The molecular weight excluding hydrogens is 224 g/mol. The van der Waals surface area contributed by atoms with E-state index < -0.39 is 0 Å². The Labute approximate surface area is 105 Å². The highest BCUT2D eigenvalue weighted by atomic mass is 15.6. The van der Waals surface area contributed by atoms with Crippen LogP contribution >= 0.6 is 0 Å². The van der Waals surface area contributed by atoms with Crippen molar-refractivity contribution in [1.82, 2.24) is 20.2 Å². The first-order valence-corrected chi connectivity index (χ1v) is 5.75. The predicted molar refractivity (Wildman–Crippen MR) is 69.3 cm³/mol. The van der Waals surface area contributed by atoms with Crippen LogP contribution < -0.4 is 0 Å². The van der Waals surface area contributed by atoms with E-state index >= 15 is 0 Å². The van der Waals surface area contributed by atoms with Gasteiger partial charge in [-0.15, -0.1) is 15.0 Å². The topological polar surface area (TPSA) is 43.6 Å². The molecule has 0 radical (unpaired) electrons. The van der Waals surface area contributed by atoms with E-state index in [0.717, 1.165) is 5.69 Å². The van der Waals surface area contributed by atoms with Crippen LogP contribution in [-0.4, -0.2) is 20.2 Å². The molecule has 0 saturated heterocycles. The summed E-state index contributed by atoms with van der Waals surface area (Å²) >= 11 is 0. The van der Waals surface area contributed by atoms with Gasteiger partial charge >= 0.3 is 0 Å². The molecule has 1 heterocycles. The third-order valence-electron chi connectivity index (χ3n) is 2.72. The predicted octanol–water partition coefficient (Wildman–Crippen LogP) is 2.64. The molecule has 2 aromatic carbocycles. The molecule has 0 aliphatic carbocycles. The van der Waals surface area contributed by atoms with Crippen LogP contribution in [0.4, 0.5) is 0 Å². The smallest absolute Gasteiger partial charge is 0.132 e. The molecule has 0 amide bonds. The van der Waals surface area contributed by atoms with Crippen molar-refractivity contribution in [2.75, 3.05) is 0 Å². The summed E-state index contributed by atoms with van der Waals surface area (Å²) in [7, 11) is 0. The van der Waals surface area contributed by atoms with E-state index in [1.807, 2.05) is 37.3 Å². The first-order chi connectivity index (χ1) is 8.83. The summed E-state index contributed by atoms with van der Waals surface area (Å²) < 4.78 is 0. The molecular formula is C14H12N4. The fourth-order valence-electron chi connectivity index (χ4n) is 1.81. The maximum absolute atomic E-state index is 4.18. The van der Waals surface area contributed by atoms with Crippen molar-refractivity contribution in [1.29, 1.82) is 0 Å². The lowest BCUT2D eigenvalue weighted by atomic mass is 10.1. The maximum atomic E-state index is 4.18. The molecule has 0 aliphatic heterocycles. The number of nitrogens with zero attached hydrogens (tertiary/aromatic N) is 4. The van der Waals surface area contributed by atoms with E-state index in [9.17, 15) is 0 Å². The van der Waals surface area contributed by atoms with E-state index in [1.165, 1.54) is 15.9 Å². The van der Waals surface area contributed by atoms with Gasteiger partial charge in [0.1, 0.15) is 0 Å². The minimum atomic E-state index is 0.669. The standard InChI is InChI=1S/C14H12N4/c1-11-15-17-18(16-11)14-9-7-13(8-10-14)12-5-3-2-4-6-12/h2-10H,1H3. The van der Waals surface area contributed by atoms with E-state index in [1.54, 1.807) is 0 Å². The fraction of sp³-hybridized carbons (Fsp3) is 0.0714. The molecule has 4 heteroatoms. The number of tetrazole rings is 1. The van der Waals surface area contributed by atoms with Gasteiger partial charge in [0.15, 0.2) is 5.82 Å². The molecule has 0 atom stereocenters. The van der Waals surface area contributed by atoms with E-state index in [4.69, 9.17) is 0 Å². The summed E-state index contributed by atoms with van der Waals surface area (Å²) in [5.41, 5.74) is 3.29. The highest BCUT2D eigenvalue weighted by Crippen LogP contribution is 2.19. The summed E-state index contributed by atoms with van der Waals surface area (Å²) in [6.45, 7) is 1.82. The molecule has 0 bridgehead atoms. The van der Waals surface area contributed by atoms with Crippen molar-refractivity contribution in [3.05, 3.63) is 60.4 Å². The summed E-state index contributed by atoms with van der Waals surface area (Å²) in [5.74, 6) is 0.669. The minimum Gasteiger partial charge on any atom is -0.132 e. The molecule has 0 saturated carbocycles. The van der Waals surface area contributed by atoms with Crippen molar-refractivity contribution < 1.29 is 0 Å². The number of hydrogen-bond acceptors (Lipinski definition) is 3. The van der Waals surface area contributed by atoms with Gasteiger partial charge < -0.3 is 0 Å². The van der Waals surface area contributed by atoms with Crippen molar-refractivity contribution in [3.63, 3.8) is 0 Å². The van der Waals surface area contributed by atoms with Crippen molar-refractivity contribution in [2.45, 2.75) is 6.92 Å². The molecule has 0 N–H and O–H groups in total. The first-order valence-electron chi connectivity index (χ1n) is 5.75. The number of aryl methyl sites for hydroxylation is 1. The van der Waals surface area contributed by atoms with Crippen LogP contribution in [0.2, 0.25) is 0 Å². The molecule has 3 rings (SSSR count). The second-order valence-electron chi connectivity index (χ2n) is 4.04. The Hall–Kier alpha value is -2.49. The monoisotopic (exact) mass is 236 g/mol. The van der Waals surface area contributed by atoms with Gasteiger partial charge in [-0.25, -0.2) is 0 Å². The fourth-order valence-corrected chi connectivity index (χ4v) is 1.81. The average molecular weight is 236 g/mol. The third kappa shape index (κ3) is 2.00. The lowest BCUT2D eigenvalue weighted by Crippen LogP contribution is -1.98. The second-order valence-corrected chi connectivity index (χ2v) is 4.04. The Bertz CT molecular complexity index is 641. The highest BCUT2D eigenvalue weighted by molar-refractivity contribution is 5.64. The lowest BCUT2D eigenvalue weighted by molar-refractivity contribution is 0.719.